The Labute approximate surface area is 93.4 Å². The second-order valence-electron chi connectivity index (χ2n) is 3.11. The summed E-state index contributed by atoms with van der Waals surface area (Å²) in [6.45, 7) is 11.3. The fourth-order valence-electron chi connectivity index (χ4n) is 1.68. The van der Waals surface area contributed by atoms with Gasteiger partial charge in [-0.2, -0.15) is 0 Å². The Morgan fingerprint density at radius 2 is 1.40 bits per heavy atom. The highest BCUT2D eigenvalue weighted by molar-refractivity contribution is 6.65. The Kier molecular flexibility index (Phi) is 5.75. The third-order valence-electron chi connectivity index (χ3n) is 2.59. The van der Waals surface area contributed by atoms with Gasteiger partial charge in [0.25, 0.3) is 0 Å². The van der Waals surface area contributed by atoms with Gasteiger partial charge in [0.1, 0.15) is 0 Å². The molecule has 0 saturated heterocycles. The summed E-state index contributed by atoms with van der Waals surface area (Å²) in [6.07, 6.45) is 5.92. The maximum absolute atomic E-state index is 5.44. The molecule has 0 unspecified atom stereocenters. The van der Waals surface area contributed by atoms with Crippen molar-refractivity contribution in [3.63, 3.8) is 0 Å². The van der Waals surface area contributed by atoms with Crippen LogP contribution >= 0.6 is 0 Å². The zero-order valence-corrected chi connectivity index (χ0v) is 10.8. The van der Waals surface area contributed by atoms with E-state index < -0.39 is 13.8 Å². The largest absolute Gasteiger partial charge is 0.514 e. The summed E-state index contributed by atoms with van der Waals surface area (Å²) >= 11 is 0. The molecule has 0 bridgehead atoms. The molecule has 4 heteroatoms. The third-order valence-corrected chi connectivity index (χ3v) is 5.95. The van der Waals surface area contributed by atoms with Gasteiger partial charge < -0.3 is 13.3 Å². The van der Waals surface area contributed by atoms with Gasteiger partial charge in [0.2, 0.25) is 0 Å². The highest BCUT2D eigenvalue weighted by atomic mass is 28.4. The summed E-state index contributed by atoms with van der Waals surface area (Å²) in [4.78, 5) is 0. The number of allylic oxidation sites excluding steroid dienone is 3. The van der Waals surface area contributed by atoms with E-state index in [1.54, 1.807) is 39.6 Å². The van der Waals surface area contributed by atoms with Crippen LogP contribution in [0.4, 0.5) is 0 Å². The molecular weight excluding hydrogens is 208 g/mol. The molecule has 0 spiro atoms. The van der Waals surface area contributed by atoms with E-state index >= 15 is 0 Å². The van der Waals surface area contributed by atoms with E-state index in [1.807, 2.05) is 0 Å². The van der Waals surface area contributed by atoms with Crippen LogP contribution in [-0.2, 0) is 13.3 Å². The monoisotopic (exact) mass is 228 g/mol. The van der Waals surface area contributed by atoms with Crippen LogP contribution in [0.1, 0.15) is 6.42 Å². The van der Waals surface area contributed by atoms with Crippen LogP contribution in [0.2, 0.25) is 5.04 Å². The average Bonchev–Trinajstić information content (AvgIpc) is 2.30. The summed E-state index contributed by atoms with van der Waals surface area (Å²) in [6, 6.07) is 0. The number of hydrogen-bond acceptors (Lipinski definition) is 3. The maximum atomic E-state index is 5.44. The highest BCUT2D eigenvalue weighted by Gasteiger charge is 2.55. The van der Waals surface area contributed by atoms with E-state index in [-0.39, 0.29) is 0 Å². The first-order valence-corrected chi connectivity index (χ1v) is 6.38. The average molecular weight is 228 g/mol. The van der Waals surface area contributed by atoms with Crippen LogP contribution in [0.5, 0.6) is 0 Å². The lowest BCUT2D eigenvalue weighted by molar-refractivity contribution is 0.106. The summed E-state index contributed by atoms with van der Waals surface area (Å²) in [5.41, 5.74) is 0. The van der Waals surface area contributed by atoms with Gasteiger partial charge in [0.15, 0.2) is 0 Å². The summed E-state index contributed by atoms with van der Waals surface area (Å²) < 4.78 is 16.3. The first-order valence-electron chi connectivity index (χ1n) is 4.65. The molecule has 86 valence electrons. The van der Waals surface area contributed by atoms with E-state index in [9.17, 15) is 0 Å². The van der Waals surface area contributed by atoms with Gasteiger partial charge in [0.05, 0.1) is 5.04 Å². The first kappa shape index (κ1) is 14.3. The van der Waals surface area contributed by atoms with Crippen LogP contribution in [-0.4, -0.2) is 30.1 Å². The molecule has 0 amide bonds. The SMILES string of the molecule is C=CCC(C=C)(C=C)[Si](OC)(OC)OC. The molecule has 15 heavy (non-hydrogen) atoms. The zero-order chi connectivity index (χ0) is 11.9. The van der Waals surface area contributed by atoms with Crippen LogP contribution < -0.4 is 0 Å². The molecule has 0 saturated carbocycles. The molecule has 0 aliphatic rings. The van der Waals surface area contributed by atoms with Crippen molar-refractivity contribution in [2.75, 3.05) is 21.3 Å². The van der Waals surface area contributed by atoms with Crippen molar-refractivity contribution in [1.82, 2.24) is 0 Å². The number of rotatable bonds is 8. The maximum Gasteiger partial charge on any atom is 0.514 e. The fourth-order valence-corrected chi connectivity index (χ4v) is 4.22. The quantitative estimate of drug-likeness (QED) is 0.472. The molecule has 3 nitrogen and oxygen atoms in total. The van der Waals surface area contributed by atoms with Gasteiger partial charge in [0, 0.05) is 21.3 Å². The molecule has 0 aromatic rings. The minimum atomic E-state index is -2.83. The minimum absolute atomic E-state index is 0.521. The molecule has 0 atom stereocenters. The Hall–Kier alpha value is -0.683. The van der Waals surface area contributed by atoms with Crippen molar-refractivity contribution in [1.29, 1.82) is 0 Å². The molecule has 0 rings (SSSR count). The van der Waals surface area contributed by atoms with Crippen LogP contribution in [0, 0.1) is 0 Å². The normalized spacial score (nSPS) is 12.2. The van der Waals surface area contributed by atoms with E-state index in [0.717, 1.165) is 0 Å². The Morgan fingerprint density at radius 3 is 1.60 bits per heavy atom. The second-order valence-corrected chi connectivity index (χ2v) is 6.38. The topological polar surface area (TPSA) is 27.7 Å². The molecule has 0 radical (unpaired) electrons. The predicted octanol–water partition coefficient (Wildman–Crippen LogP) is 2.55. The molecule has 0 N–H and O–H groups in total. The van der Waals surface area contributed by atoms with E-state index in [2.05, 4.69) is 19.7 Å². The Balaban J connectivity index is 5.41. The lowest BCUT2D eigenvalue weighted by atomic mass is 10.1. The standard InChI is InChI=1S/C11H20O3Si/c1-7-10-11(8-2,9-3)15(12-4,13-5)14-6/h7-9H,1-3,10H2,4-6H3. The molecule has 0 heterocycles. The second kappa shape index (κ2) is 6.02. The van der Waals surface area contributed by atoms with Gasteiger partial charge in [-0.1, -0.05) is 18.2 Å². The van der Waals surface area contributed by atoms with Crippen molar-refractivity contribution < 1.29 is 13.3 Å². The molecule has 0 aromatic carbocycles. The first-order chi connectivity index (χ1) is 7.11. The Morgan fingerprint density at radius 1 is 1.00 bits per heavy atom. The van der Waals surface area contributed by atoms with Gasteiger partial charge in [-0.15, -0.1) is 19.7 Å². The highest BCUT2D eigenvalue weighted by Crippen LogP contribution is 2.45. The van der Waals surface area contributed by atoms with Crippen molar-refractivity contribution >= 4 is 8.80 Å². The van der Waals surface area contributed by atoms with Crippen molar-refractivity contribution in [3.8, 4) is 0 Å². The van der Waals surface area contributed by atoms with E-state index in [4.69, 9.17) is 13.3 Å². The lowest BCUT2D eigenvalue weighted by Gasteiger charge is -2.39. The molecular formula is C11H20O3Si. The van der Waals surface area contributed by atoms with Gasteiger partial charge in [-0.05, 0) is 6.42 Å². The summed E-state index contributed by atoms with van der Waals surface area (Å²) in [5.74, 6) is 0. The van der Waals surface area contributed by atoms with Gasteiger partial charge >= 0.3 is 8.80 Å². The van der Waals surface area contributed by atoms with Crippen molar-refractivity contribution in [2.45, 2.75) is 11.5 Å². The summed E-state index contributed by atoms with van der Waals surface area (Å²) in [7, 11) is 1.89. The van der Waals surface area contributed by atoms with Crippen molar-refractivity contribution in [3.05, 3.63) is 38.0 Å². The molecule has 0 fully saturated rings. The minimum Gasteiger partial charge on any atom is -0.376 e. The predicted molar refractivity (Wildman–Crippen MR) is 64.7 cm³/mol. The number of hydrogen-bond donors (Lipinski definition) is 0. The lowest BCUT2D eigenvalue weighted by Crippen LogP contribution is -2.53. The van der Waals surface area contributed by atoms with Gasteiger partial charge in [-0.3, -0.25) is 0 Å². The fraction of sp³-hybridized carbons (Fsp3) is 0.455. The molecule has 0 aliphatic carbocycles. The van der Waals surface area contributed by atoms with Gasteiger partial charge in [-0.25, -0.2) is 0 Å². The van der Waals surface area contributed by atoms with E-state index in [1.165, 1.54) is 0 Å². The Bertz CT molecular complexity index is 218. The smallest absolute Gasteiger partial charge is 0.376 e. The van der Waals surface area contributed by atoms with Crippen LogP contribution in [0.25, 0.3) is 0 Å². The van der Waals surface area contributed by atoms with Crippen LogP contribution in [0.15, 0.2) is 38.0 Å². The third kappa shape index (κ3) is 2.29. The van der Waals surface area contributed by atoms with E-state index in [0.29, 0.717) is 6.42 Å². The zero-order valence-electron chi connectivity index (χ0n) is 9.79. The molecule has 0 aromatic heterocycles. The van der Waals surface area contributed by atoms with Crippen molar-refractivity contribution in [2.24, 2.45) is 0 Å². The van der Waals surface area contributed by atoms with Crippen LogP contribution in [0.3, 0.4) is 0 Å². The molecule has 0 aliphatic heterocycles. The summed E-state index contributed by atoms with van der Waals surface area (Å²) in [5, 5.41) is -0.521.